The molecule has 0 saturated carbocycles. The minimum Gasteiger partial charge on any atom is -0.335 e. The van der Waals surface area contributed by atoms with Crippen molar-refractivity contribution in [2.45, 2.75) is 5.25 Å². The van der Waals surface area contributed by atoms with E-state index < -0.39 is 15.1 Å². The first-order chi connectivity index (χ1) is 10.6. The van der Waals surface area contributed by atoms with Crippen LogP contribution in [0.25, 0.3) is 0 Å². The van der Waals surface area contributed by atoms with Gasteiger partial charge in [-0.1, -0.05) is 36.4 Å². The zero-order valence-electron chi connectivity index (χ0n) is 11.9. The summed E-state index contributed by atoms with van der Waals surface area (Å²) in [6.07, 6.45) is 1.56. The highest BCUT2D eigenvalue weighted by Gasteiger charge is 2.36. The normalized spacial score (nSPS) is 20.5. The lowest BCUT2D eigenvalue weighted by atomic mass is 10.1. The second-order valence-electron chi connectivity index (χ2n) is 5.23. The molecule has 5 nitrogen and oxygen atoms in total. The number of pyridine rings is 1. The summed E-state index contributed by atoms with van der Waals surface area (Å²) in [7, 11) is -3.24. The van der Waals surface area contributed by atoms with Gasteiger partial charge in [-0.05, 0) is 17.7 Å². The van der Waals surface area contributed by atoms with E-state index in [1.807, 2.05) is 18.2 Å². The van der Waals surface area contributed by atoms with E-state index in [2.05, 4.69) is 4.98 Å². The van der Waals surface area contributed by atoms with Crippen molar-refractivity contribution >= 4 is 15.7 Å². The highest BCUT2D eigenvalue weighted by Crippen LogP contribution is 2.28. The van der Waals surface area contributed by atoms with E-state index in [0.29, 0.717) is 5.69 Å². The molecular weight excluding hydrogens is 300 g/mol. The largest absolute Gasteiger partial charge is 0.335 e. The molecule has 1 saturated heterocycles. The zero-order chi connectivity index (χ0) is 15.6. The molecule has 1 aromatic heterocycles. The Morgan fingerprint density at radius 3 is 2.50 bits per heavy atom. The van der Waals surface area contributed by atoms with Crippen LogP contribution >= 0.6 is 0 Å². The van der Waals surface area contributed by atoms with Gasteiger partial charge in [-0.3, -0.25) is 9.78 Å². The third-order valence-electron chi connectivity index (χ3n) is 3.81. The zero-order valence-corrected chi connectivity index (χ0v) is 12.7. The lowest BCUT2D eigenvalue weighted by Gasteiger charge is -2.32. The van der Waals surface area contributed by atoms with Crippen molar-refractivity contribution in [1.29, 1.82) is 0 Å². The first-order valence-corrected chi connectivity index (χ1v) is 8.76. The van der Waals surface area contributed by atoms with Gasteiger partial charge in [-0.25, -0.2) is 8.42 Å². The molecule has 1 atom stereocenters. The van der Waals surface area contributed by atoms with Crippen LogP contribution in [0.2, 0.25) is 0 Å². The third kappa shape index (κ3) is 2.87. The molecule has 1 fully saturated rings. The van der Waals surface area contributed by atoms with Gasteiger partial charge in [0.25, 0.3) is 5.91 Å². The van der Waals surface area contributed by atoms with Crippen molar-refractivity contribution in [3.8, 4) is 0 Å². The van der Waals surface area contributed by atoms with Gasteiger partial charge < -0.3 is 4.90 Å². The lowest BCUT2D eigenvalue weighted by Crippen LogP contribution is -2.45. The molecule has 6 heteroatoms. The summed E-state index contributed by atoms with van der Waals surface area (Å²) in [4.78, 5) is 18.1. The predicted octanol–water partition coefficient (Wildman–Crippen LogP) is 1.69. The van der Waals surface area contributed by atoms with Gasteiger partial charge in [-0.2, -0.15) is 0 Å². The maximum Gasteiger partial charge on any atom is 0.272 e. The van der Waals surface area contributed by atoms with Gasteiger partial charge in [0, 0.05) is 19.3 Å². The summed E-state index contributed by atoms with van der Waals surface area (Å²) in [5.74, 6) is -0.248. The first kappa shape index (κ1) is 14.7. The fourth-order valence-corrected chi connectivity index (χ4v) is 4.34. The Bertz CT molecular complexity index is 760. The van der Waals surface area contributed by atoms with Gasteiger partial charge in [-0.15, -0.1) is 0 Å². The molecule has 1 aromatic carbocycles. The summed E-state index contributed by atoms with van der Waals surface area (Å²) in [5, 5.41) is -0.671. The van der Waals surface area contributed by atoms with Crippen LogP contribution in [0.15, 0.2) is 54.7 Å². The van der Waals surface area contributed by atoms with E-state index in [9.17, 15) is 13.2 Å². The Hall–Kier alpha value is -2.21. The monoisotopic (exact) mass is 316 g/mol. The maximum absolute atomic E-state index is 12.5. The molecule has 0 aliphatic carbocycles. The summed E-state index contributed by atoms with van der Waals surface area (Å²) in [5.41, 5.74) is 1.06. The number of sulfone groups is 1. The molecule has 0 N–H and O–H groups in total. The number of nitrogens with zero attached hydrogens (tertiary/aromatic N) is 2. The Morgan fingerprint density at radius 1 is 1.09 bits per heavy atom. The molecule has 22 heavy (non-hydrogen) atoms. The number of benzene rings is 1. The standard InChI is InChI=1S/C16H16N2O3S/c19-16(14-8-4-5-9-17-14)18-10-11-22(20,21)15(12-18)13-6-2-1-3-7-13/h1-9,15H,10-12H2. The quantitative estimate of drug-likeness (QED) is 0.845. The summed E-state index contributed by atoms with van der Waals surface area (Å²) in [6, 6.07) is 14.2. The molecule has 1 aliphatic heterocycles. The van der Waals surface area contributed by atoms with Crippen LogP contribution in [0.1, 0.15) is 21.3 Å². The van der Waals surface area contributed by atoms with E-state index in [0.717, 1.165) is 5.56 Å². The van der Waals surface area contributed by atoms with E-state index in [-0.39, 0.29) is 24.7 Å². The van der Waals surface area contributed by atoms with E-state index >= 15 is 0 Å². The summed E-state index contributed by atoms with van der Waals surface area (Å²) >= 11 is 0. The Kier molecular flexibility index (Phi) is 3.94. The molecule has 2 aromatic rings. The van der Waals surface area contributed by atoms with Crippen LogP contribution in [0.3, 0.4) is 0 Å². The maximum atomic E-state index is 12.5. The van der Waals surface area contributed by atoms with Gasteiger partial charge in [0.15, 0.2) is 9.84 Å². The molecule has 1 aliphatic rings. The third-order valence-corrected chi connectivity index (χ3v) is 5.85. The Morgan fingerprint density at radius 2 is 1.82 bits per heavy atom. The SMILES string of the molecule is O=C(c1ccccn1)N1CCS(=O)(=O)C(c2ccccc2)C1. The number of carbonyl (C=O) groups is 1. The van der Waals surface area contributed by atoms with Crippen molar-refractivity contribution in [3.05, 3.63) is 66.0 Å². The second kappa shape index (κ2) is 5.88. The molecular formula is C16H16N2O3S. The predicted molar refractivity (Wildman–Crippen MR) is 83.1 cm³/mol. The molecule has 0 bridgehead atoms. The minimum absolute atomic E-state index is 0.0227. The average molecular weight is 316 g/mol. The number of aromatic nitrogens is 1. The van der Waals surface area contributed by atoms with Crippen LogP contribution in [0.4, 0.5) is 0 Å². The molecule has 0 radical (unpaired) electrons. The summed E-state index contributed by atoms with van der Waals surface area (Å²) in [6.45, 7) is 0.378. The van der Waals surface area contributed by atoms with E-state index in [1.54, 1.807) is 41.4 Å². The molecule has 0 spiro atoms. The molecule has 1 amide bonds. The number of hydrogen-bond acceptors (Lipinski definition) is 4. The molecule has 3 rings (SSSR count). The van der Waals surface area contributed by atoms with Crippen molar-refractivity contribution in [2.24, 2.45) is 0 Å². The van der Waals surface area contributed by atoms with E-state index in [4.69, 9.17) is 0 Å². The number of rotatable bonds is 2. The Balaban J connectivity index is 1.87. The van der Waals surface area contributed by atoms with Crippen LogP contribution in [0, 0.1) is 0 Å². The highest BCUT2D eigenvalue weighted by molar-refractivity contribution is 7.91. The van der Waals surface area contributed by atoms with Crippen LogP contribution in [0.5, 0.6) is 0 Å². The lowest BCUT2D eigenvalue weighted by molar-refractivity contribution is 0.0752. The first-order valence-electron chi connectivity index (χ1n) is 7.05. The fourth-order valence-electron chi connectivity index (χ4n) is 2.60. The van der Waals surface area contributed by atoms with Crippen molar-refractivity contribution in [3.63, 3.8) is 0 Å². The fraction of sp³-hybridized carbons (Fsp3) is 0.250. The van der Waals surface area contributed by atoms with Crippen molar-refractivity contribution < 1.29 is 13.2 Å². The van der Waals surface area contributed by atoms with Gasteiger partial charge in [0.1, 0.15) is 10.9 Å². The molecule has 114 valence electrons. The van der Waals surface area contributed by atoms with Crippen molar-refractivity contribution in [2.75, 3.05) is 18.8 Å². The smallest absolute Gasteiger partial charge is 0.272 e. The number of carbonyl (C=O) groups excluding carboxylic acids is 1. The molecule has 1 unspecified atom stereocenters. The number of hydrogen-bond donors (Lipinski definition) is 0. The molecule has 2 heterocycles. The van der Waals surface area contributed by atoms with Crippen LogP contribution < -0.4 is 0 Å². The van der Waals surface area contributed by atoms with Crippen LogP contribution in [-0.2, 0) is 9.84 Å². The van der Waals surface area contributed by atoms with Gasteiger partial charge in [0.2, 0.25) is 0 Å². The van der Waals surface area contributed by atoms with Gasteiger partial charge >= 0.3 is 0 Å². The topological polar surface area (TPSA) is 67.3 Å². The van der Waals surface area contributed by atoms with Crippen molar-refractivity contribution in [1.82, 2.24) is 9.88 Å². The summed E-state index contributed by atoms with van der Waals surface area (Å²) < 4.78 is 24.7. The van der Waals surface area contributed by atoms with E-state index in [1.165, 1.54) is 0 Å². The second-order valence-corrected chi connectivity index (χ2v) is 7.54. The number of amides is 1. The van der Waals surface area contributed by atoms with Gasteiger partial charge in [0.05, 0.1) is 5.75 Å². The minimum atomic E-state index is -3.24. The van der Waals surface area contributed by atoms with Crippen LogP contribution in [-0.4, -0.2) is 43.1 Å². The highest BCUT2D eigenvalue weighted by atomic mass is 32.2. The average Bonchev–Trinajstić information content (AvgIpc) is 2.55. The Labute approximate surface area is 129 Å².